The number of nitrogens with one attached hydrogen (secondary N) is 1. The Kier molecular flexibility index (Phi) is 3.92. The zero-order valence-corrected chi connectivity index (χ0v) is 13.8. The molecular formula is C17H22N4O2. The zero-order valence-electron chi connectivity index (χ0n) is 13.8. The van der Waals surface area contributed by atoms with Gasteiger partial charge in [-0.25, -0.2) is 9.97 Å². The van der Waals surface area contributed by atoms with Crippen LogP contribution in [0.25, 0.3) is 10.9 Å². The predicted molar refractivity (Wildman–Crippen MR) is 90.6 cm³/mol. The number of hydrogen-bond acceptors (Lipinski definition) is 5. The molecule has 1 heterocycles. The molecule has 1 N–H and O–H groups in total. The van der Waals surface area contributed by atoms with E-state index in [-0.39, 0.29) is 10.6 Å². The molecule has 0 spiro atoms. The second-order valence-electron chi connectivity index (χ2n) is 7.13. The molecule has 6 nitrogen and oxygen atoms in total. The highest BCUT2D eigenvalue weighted by molar-refractivity contribution is 5.94. The van der Waals surface area contributed by atoms with Gasteiger partial charge in [0.25, 0.3) is 5.69 Å². The van der Waals surface area contributed by atoms with E-state index in [2.05, 4.69) is 29.1 Å². The summed E-state index contributed by atoms with van der Waals surface area (Å²) in [4.78, 5) is 19.6. The second-order valence-corrected chi connectivity index (χ2v) is 7.13. The Labute approximate surface area is 135 Å². The number of nitrogens with zero attached hydrogens (tertiary/aromatic N) is 3. The van der Waals surface area contributed by atoms with Gasteiger partial charge >= 0.3 is 0 Å². The van der Waals surface area contributed by atoms with Crippen LogP contribution >= 0.6 is 0 Å². The Balaban J connectivity index is 1.95. The van der Waals surface area contributed by atoms with Gasteiger partial charge < -0.3 is 5.32 Å². The molecule has 0 saturated heterocycles. The molecule has 1 aromatic heterocycles. The van der Waals surface area contributed by atoms with Crippen LogP contribution in [0.1, 0.15) is 45.4 Å². The van der Waals surface area contributed by atoms with Gasteiger partial charge in [-0.2, -0.15) is 0 Å². The van der Waals surface area contributed by atoms with E-state index in [0.29, 0.717) is 28.6 Å². The Morgan fingerprint density at radius 1 is 1.26 bits per heavy atom. The molecule has 0 aliphatic heterocycles. The third-order valence-electron chi connectivity index (χ3n) is 4.69. The highest BCUT2D eigenvalue weighted by Gasteiger charge is 2.27. The molecule has 2 aromatic rings. The molecule has 0 atom stereocenters. The molecule has 0 unspecified atom stereocenters. The average molecular weight is 314 g/mol. The number of para-hydroxylation sites is 1. The van der Waals surface area contributed by atoms with Crippen molar-refractivity contribution in [3.05, 3.63) is 34.1 Å². The van der Waals surface area contributed by atoms with Crippen molar-refractivity contribution in [1.29, 1.82) is 0 Å². The smallest absolute Gasteiger partial charge is 0.295 e. The van der Waals surface area contributed by atoms with Gasteiger partial charge in [-0.15, -0.1) is 0 Å². The molecule has 1 fully saturated rings. The van der Waals surface area contributed by atoms with Crippen LogP contribution in [0.15, 0.2) is 18.2 Å². The number of nitro groups is 1. The van der Waals surface area contributed by atoms with E-state index >= 15 is 0 Å². The van der Waals surface area contributed by atoms with Gasteiger partial charge in [0.05, 0.1) is 4.92 Å². The number of aryl methyl sites for hydroxylation is 1. The Hall–Kier alpha value is -2.24. The average Bonchev–Trinajstić information content (AvgIpc) is 2.48. The summed E-state index contributed by atoms with van der Waals surface area (Å²) in [5.74, 6) is 1.26. The number of aromatic nitrogens is 2. The normalized spacial score (nSPS) is 18.0. The quantitative estimate of drug-likeness (QED) is 0.677. The lowest BCUT2D eigenvalue weighted by Gasteiger charge is -2.35. The minimum Gasteiger partial charge on any atom is -0.367 e. The maximum atomic E-state index is 11.2. The highest BCUT2D eigenvalue weighted by atomic mass is 16.6. The van der Waals surface area contributed by atoms with E-state index in [4.69, 9.17) is 0 Å². The molecule has 122 valence electrons. The highest BCUT2D eigenvalue weighted by Crippen LogP contribution is 2.37. The molecule has 3 rings (SSSR count). The predicted octanol–water partition coefficient (Wildman–Crippen LogP) is 4.23. The van der Waals surface area contributed by atoms with Crippen molar-refractivity contribution < 1.29 is 4.92 Å². The fraction of sp³-hybridized carbons (Fsp3) is 0.529. The molecule has 1 saturated carbocycles. The van der Waals surface area contributed by atoms with E-state index in [0.717, 1.165) is 18.2 Å². The lowest BCUT2D eigenvalue weighted by molar-refractivity contribution is -0.383. The summed E-state index contributed by atoms with van der Waals surface area (Å²) < 4.78 is 0. The maximum absolute atomic E-state index is 11.2. The van der Waals surface area contributed by atoms with E-state index in [1.807, 2.05) is 6.07 Å². The van der Waals surface area contributed by atoms with Crippen molar-refractivity contribution in [3.8, 4) is 0 Å². The van der Waals surface area contributed by atoms with Gasteiger partial charge in [-0.1, -0.05) is 19.9 Å². The third-order valence-corrected chi connectivity index (χ3v) is 4.69. The molecule has 1 aliphatic rings. The summed E-state index contributed by atoms with van der Waals surface area (Å²) in [5.41, 5.74) is 0.838. The van der Waals surface area contributed by atoms with Crippen LogP contribution in [0.2, 0.25) is 0 Å². The van der Waals surface area contributed by atoms with Crippen molar-refractivity contribution in [2.45, 2.75) is 52.5 Å². The molecule has 0 radical (unpaired) electrons. The lowest BCUT2D eigenvalue weighted by atomic mass is 9.75. The van der Waals surface area contributed by atoms with Crippen molar-refractivity contribution in [2.24, 2.45) is 5.41 Å². The molecule has 1 aromatic carbocycles. The fourth-order valence-corrected chi connectivity index (χ4v) is 3.24. The monoisotopic (exact) mass is 314 g/mol. The van der Waals surface area contributed by atoms with E-state index in [9.17, 15) is 10.1 Å². The molecule has 1 aliphatic carbocycles. The Morgan fingerprint density at radius 2 is 1.96 bits per heavy atom. The number of fused-ring (bicyclic) bond motifs is 1. The van der Waals surface area contributed by atoms with Gasteiger partial charge in [-0.05, 0) is 44.1 Å². The second kappa shape index (κ2) is 5.76. The van der Waals surface area contributed by atoms with Crippen LogP contribution in [0.4, 0.5) is 11.5 Å². The summed E-state index contributed by atoms with van der Waals surface area (Å²) in [6.07, 6.45) is 4.53. The first-order valence-electron chi connectivity index (χ1n) is 8.04. The van der Waals surface area contributed by atoms with Gasteiger partial charge in [0, 0.05) is 17.5 Å². The SMILES string of the molecule is Cc1nc(NC2CCC(C)(C)CC2)c2cccc([N+](=O)[O-])c2n1. The number of hydrogen-bond donors (Lipinski definition) is 1. The molecule has 23 heavy (non-hydrogen) atoms. The number of rotatable bonds is 3. The van der Waals surface area contributed by atoms with Crippen LogP contribution in [0.3, 0.4) is 0 Å². The maximum Gasteiger partial charge on any atom is 0.295 e. The minimum absolute atomic E-state index is 0.0285. The lowest BCUT2D eigenvalue weighted by Crippen LogP contribution is -2.30. The first-order chi connectivity index (χ1) is 10.9. The largest absolute Gasteiger partial charge is 0.367 e. The molecule has 6 heteroatoms. The van der Waals surface area contributed by atoms with Gasteiger partial charge in [0.15, 0.2) is 5.52 Å². The van der Waals surface area contributed by atoms with Crippen LogP contribution in [-0.4, -0.2) is 20.9 Å². The molecule has 0 bridgehead atoms. The number of anilines is 1. The number of nitro benzene ring substituents is 1. The minimum atomic E-state index is -0.387. The van der Waals surface area contributed by atoms with Gasteiger partial charge in [-0.3, -0.25) is 10.1 Å². The summed E-state index contributed by atoms with van der Waals surface area (Å²) in [6, 6.07) is 5.38. The fourth-order valence-electron chi connectivity index (χ4n) is 3.24. The first-order valence-corrected chi connectivity index (χ1v) is 8.04. The van der Waals surface area contributed by atoms with Crippen LogP contribution in [0.5, 0.6) is 0 Å². The van der Waals surface area contributed by atoms with Gasteiger partial charge in [0.1, 0.15) is 11.6 Å². The standard InChI is InChI=1S/C17H22N4O2/c1-11-18-15-13(5-4-6-14(15)21(22)23)16(19-11)20-12-7-9-17(2,3)10-8-12/h4-6,12H,7-10H2,1-3H3,(H,18,19,20). The first kappa shape index (κ1) is 15.6. The van der Waals surface area contributed by atoms with Crippen molar-refractivity contribution >= 4 is 22.4 Å². The molecule has 0 amide bonds. The summed E-state index contributed by atoms with van der Waals surface area (Å²) >= 11 is 0. The third kappa shape index (κ3) is 3.25. The Bertz CT molecular complexity index is 748. The summed E-state index contributed by atoms with van der Waals surface area (Å²) in [6.45, 7) is 6.37. The number of benzene rings is 1. The van der Waals surface area contributed by atoms with E-state index in [1.165, 1.54) is 18.9 Å². The van der Waals surface area contributed by atoms with Crippen molar-refractivity contribution in [2.75, 3.05) is 5.32 Å². The van der Waals surface area contributed by atoms with Crippen LogP contribution < -0.4 is 5.32 Å². The van der Waals surface area contributed by atoms with Crippen molar-refractivity contribution in [3.63, 3.8) is 0 Å². The zero-order chi connectivity index (χ0) is 16.6. The van der Waals surface area contributed by atoms with E-state index in [1.54, 1.807) is 13.0 Å². The van der Waals surface area contributed by atoms with E-state index < -0.39 is 0 Å². The van der Waals surface area contributed by atoms with Gasteiger partial charge in [0.2, 0.25) is 0 Å². The Morgan fingerprint density at radius 3 is 2.61 bits per heavy atom. The molecular weight excluding hydrogens is 292 g/mol. The summed E-state index contributed by atoms with van der Waals surface area (Å²) in [7, 11) is 0. The van der Waals surface area contributed by atoms with Crippen LogP contribution in [-0.2, 0) is 0 Å². The van der Waals surface area contributed by atoms with Crippen LogP contribution in [0, 0.1) is 22.5 Å². The van der Waals surface area contributed by atoms with Crippen molar-refractivity contribution in [1.82, 2.24) is 9.97 Å². The topological polar surface area (TPSA) is 81.0 Å². The summed E-state index contributed by atoms with van der Waals surface area (Å²) in [5, 5.41) is 15.4. The number of non-ortho nitro benzene ring substituents is 1.